The van der Waals surface area contributed by atoms with Crippen LogP contribution in [0.2, 0.25) is 0 Å². The molecule has 1 N–H and O–H groups in total. The Bertz CT molecular complexity index is 1410. The lowest BCUT2D eigenvalue weighted by Gasteiger charge is -2.39. The van der Waals surface area contributed by atoms with Gasteiger partial charge in [-0.25, -0.2) is 16.8 Å². The van der Waals surface area contributed by atoms with Crippen molar-refractivity contribution in [2.75, 3.05) is 25.0 Å². The number of amides is 1. The van der Waals surface area contributed by atoms with Gasteiger partial charge in [-0.15, -0.1) is 0 Å². The first-order chi connectivity index (χ1) is 16.6. The quantitative estimate of drug-likeness (QED) is 0.546. The Labute approximate surface area is 206 Å². The van der Waals surface area contributed by atoms with Crippen LogP contribution >= 0.6 is 0 Å². The molecular formula is C25H27N3O5S2. The van der Waals surface area contributed by atoms with Crippen LogP contribution in [0.15, 0.2) is 88.7 Å². The third kappa shape index (κ3) is 5.01. The Morgan fingerprint density at radius 1 is 0.743 bits per heavy atom. The molecule has 0 aliphatic carbocycles. The molecule has 0 bridgehead atoms. The summed E-state index contributed by atoms with van der Waals surface area (Å²) in [5.41, 5.74) is 2.22. The van der Waals surface area contributed by atoms with Gasteiger partial charge in [0.15, 0.2) is 0 Å². The van der Waals surface area contributed by atoms with Gasteiger partial charge in [0, 0.05) is 25.3 Å². The van der Waals surface area contributed by atoms with Crippen LogP contribution in [0.3, 0.4) is 0 Å². The molecule has 35 heavy (non-hydrogen) atoms. The Morgan fingerprint density at radius 2 is 1.26 bits per heavy atom. The van der Waals surface area contributed by atoms with Crippen LogP contribution in [0.25, 0.3) is 0 Å². The minimum atomic E-state index is -4.05. The smallest absolute Gasteiger partial charge is 0.244 e. The van der Waals surface area contributed by atoms with Gasteiger partial charge in [0.25, 0.3) is 0 Å². The van der Waals surface area contributed by atoms with Gasteiger partial charge in [0.2, 0.25) is 26.0 Å². The molecule has 0 radical (unpaired) electrons. The summed E-state index contributed by atoms with van der Waals surface area (Å²) in [6.45, 7) is 3.15. The number of anilines is 1. The van der Waals surface area contributed by atoms with Gasteiger partial charge >= 0.3 is 0 Å². The largest absolute Gasteiger partial charge is 0.324 e. The monoisotopic (exact) mass is 513 g/mol. The molecule has 0 saturated carbocycles. The summed E-state index contributed by atoms with van der Waals surface area (Å²) in [7, 11) is -7.97. The van der Waals surface area contributed by atoms with Gasteiger partial charge in [-0.2, -0.15) is 8.61 Å². The third-order valence-electron chi connectivity index (χ3n) is 6.06. The molecule has 1 fully saturated rings. The number of hydrogen-bond donors (Lipinski definition) is 1. The molecule has 0 unspecified atom stereocenters. The first-order valence-electron chi connectivity index (χ1n) is 11.1. The number of para-hydroxylation sites is 1. The molecule has 8 nitrogen and oxygen atoms in total. The summed E-state index contributed by atoms with van der Waals surface area (Å²) >= 11 is 0. The molecule has 1 heterocycles. The maximum absolute atomic E-state index is 13.5. The fraction of sp³-hybridized carbons (Fsp3) is 0.240. The standard InChI is InChI=1S/C25H27N3O5S2/c1-19-10-9-11-20(2)24(19)26-25(29)23-18-27(34(30,31)21-12-5-3-6-13-21)16-17-28(23)35(32,33)22-14-7-4-8-15-22/h3-15,23H,16-18H2,1-2H3,(H,26,29)/t23-/m1/s1. The van der Waals surface area contributed by atoms with E-state index in [1.165, 1.54) is 28.6 Å². The van der Waals surface area contributed by atoms with Gasteiger partial charge in [-0.1, -0.05) is 54.6 Å². The predicted molar refractivity (Wildman–Crippen MR) is 134 cm³/mol. The Morgan fingerprint density at radius 3 is 1.80 bits per heavy atom. The van der Waals surface area contributed by atoms with Crippen molar-refractivity contribution >= 4 is 31.6 Å². The van der Waals surface area contributed by atoms with Crippen molar-refractivity contribution in [2.24, 2.45) is 0 Å². The van der Waals surface area contributed by atoms with E-state index < -0.39 is 32.0 Å². The molecule has 4 rings (SSSR count). The molecule has 1 aliphatic rings. The highest BCUT2D eigenvalue weighted by molar-refractivity contribution is 7.89. The summed E-state index contributed by atoms with van der Waals surface area (Å²) in [5, 5.41) is 2.85. The van der Waals surface area contributed by atoms with Crippen LogP contribution in [0.4, 0.5) is 5.69 Å². The summed E-state index contributed by atoms with van der Waals surface area (Å²) in [6.07, 6.45) is 0. The first-order valence-corrected chi connectivity index (χ1v) is 14.0. The second-order valence-corrected chi connectivity index (χ2v) is 12.2. The molecule has 1 saturated heterocycles. The fourth-order valence-electron chi connectivity index (χ4n) is 4.15. The molecule has 1 atom stereocenters. The molecule has 3 aromatic carbocycles. The van der Waals surface area contributed by atoms with E-state index in [4.69, 9.17) is 0 Å². The second kappa shape index (κ2) is 9.90. The Hall–Kier alpha value is -3.05. The molecule has 0 spiro atoms. The van der Waals surface area contributed by atoms with E-state index >= 15 is 0 Å². The van der Waals surface area contributed by atoms with Gasteiger partial charge in [-0.3, -0.25) is 4.79 Å². The van der Waals surface area contributed by atoms with Crippen molar-refractivity contribution in [3.8, 4) is 0 Å². The summed E-state index contributed by atoms with van der Waals surface area (Å²) in [4.78, 5) is 13.7. The highest BCUT2D eigenvalue weighted by Crippen LogP contribution is 2.27. The number of piperazine rings is 1. The highest BCUT2D eigenvalue weighted by atomic mass is 32.2. The van der Waals surface area contributed by atoms with Crippen LogP contribution in [-0.2, 0) is 24.8 Å². The van der Waals surface area contributed by atoms with E-state index in [1.807, 2.05) is 32.0 Å². The van der Waals surface area contributed by atoms with Gasteiger partial charge in [0.1, 0.15) is 6.04 Å². The molecule has 3 aromatic rings. The van der Waals surface area contributed by atoms with Crippen molar-refractivity contribution in [1.82, 2.24) is 8.61 Å². The summed E-state index contributed by atoms with van der Waals surface area (Å²) in [6, 6.07) is 20.0. The topological polar surface area (TPSA) is 104 Å². The van der Waals surface area contributed by atoms with E-state index in [9.17, 15) is 21.6 Å². The second-order valence-electron chi connectivity index (χ2n) is 8.38. The van der Waals surface area contributed by atoms with Gasteiger partial charge in [-0.05, 0) is 49.2 Å². The normalized spacial score (nSPS) is 17.7. The van der Waals surface area contributed by atoms with Crippen molar-refractivity contribution in [1.29, 1.82) is 0 Å². The average Bonchev–Trinajstić information content (AvgIpc) is 2.87. The molecule has 1 amide bonds. The van der Waals surface area contributed by atoms with Crippen molar-refractivity contribution in [2.45, 2.75) is 29.7 Å². The van der Waals surface area contributed by atoms with Crippen molar-refractivity contribution < 1.29 is 21.6 Å². The minimum absolute atomic E-state index is 0.0456. The van der Waals surface area contributed by atoms with Crippen LogP contribution in [0.5, 0.6) is 0 Å². The van der Waals surface area contributed by atoms with Crippen LogP contribution < -0.4 is 5.32 Å². The van der Waals surface area contributed by atoms with Crippen molar-refractivity contribution in [3.63, 3.8) is 0 Å². The zero-order valence-electron chi connectivity index (χ0n) is 19.5. The molecule has 10 heteroatoms. The van der Waals surface area contributed by atoms with Crippen LogP contribution in [0, 0.1) is 13.8 Å². The summed E-state index contributed by atoms with van der Waals surface area (Å²) in [5.74, 6) is -0.588. The average molecular weight is 514 g/mol. The predicted octanol–water partition coefficient (Wildman–Crippen LogP) is 3.01. The zero-order chi connectivity index (χ0) is 25.2. The summed E-state index contributed by atoms with van der Waals surface area (Å²) < 4.78 is 55.8. The number of hydrogen-bond acceptors (Lipinski definition) is 5. The number of aryl methyl sites for hydroxylation is 2. The van der Waals surface area contributed by atoms with Crippen LogP contribution in [-0.4, -0.2) is 57.0 Å². The van der Waals surface area contributed by atoms with Gasteiger partial charge in [0.05, 0.1) is 9.79 Å². The van der Waals surface area contributed by atoms with E-state index in [1.54, 1.807) is 36.4 Å². The lowest BCUT2D eigenvalue weighted by Crippen LogP contribution is -2.60. The molecule has 0 aromatic heterocycles. The minimum Gasteiger partial charge on any atom is -0.324 e. The van der Waals surface area contributed by atoms with E-state index in [0.717, 1.165) is 15.4 Å². The van der Waals surface area contributed by atoms with E-state index in [2.05, 4.69) is 5.32 Å². The number of nitrogens with one attached hydrogen (secondary N) is 1. The maximum Gasteiger partial charge on any atom is 0.244 e. The lowest BCUT2D eigenvalue weighted by molar-refractivity contribution is -0.120. The number of sulfonamides is 2. The highest BCUT2D eigenvalue weighted by Gasteiger charge is 2.43. The number of carbonyl (C=O) groups is 1. The van der Waals surface area contributed by atoms with Crippen molar-refractivity contribution in [3.05, 3.63) is 90.0 Å². The number of nitrogens with zero attached hydrogens (tertiary/aromatic N) is 2. The third-order valence-corrected chi connectivity index (χ3v) is 9.86. The fourth-order valence-corrected chi connectivity index (χ4v) is 7.20. The molecule has 184 valence electrons. The van der Waals surface area contributed by atoms with Gasteiger partial charge < -0.3 is 5.32 Å². The Balaban J connectivity index is 1.72. The Kier molecular flexibility index (Phi) is 7.09. The molecular weight excluding hydrogens is 486 g/mol. The maximum atomic E-state index is 13.5. The number of rotatable bonds is 6. The molecule has 1 aliphatic heterocycles. The first kappa shape index (κ1) is 25.1. The van der Waals surface area contributed by atoms with E-state index in [-0.39, 0.29) is 29.4 Å². The number of benzene rings is 3. The van der Waals surface area contributed by atoms with E-state index in [0.29, 0.717) is 5.69 Å². The van der Waals surface area contributed by atoms with Crippen LogP contribution in [0.1, 0.15) is 11.1 Å². The number of carbonyl (C=O) groups excluding carboxylic acids is 1. The lowest BCUT2D eigenvalue weighted by atomic mass is 10.1. The SMILES string of the molecule is Cc1cccc(C)c1NC(=O)[C@H]1CN(S(=O)(=O)c2ccccc2)CCN1S(=O)(=O)c1ccccc1. The zero-order valence-corrected chi connectivity index (χ0v) is 21.1.